The molecule has 0 amide bonds. The summed E-state index contributed by atoms with van der Waals surface area (Å²) in [6.45, 7) is 4.55. The molecule has 0 radical (unpaired) electrons. The summed E-state index contributed by atoms with van der Waals surface area (Å²) in [5, 5.41) is 3.56. The van der Waals surface area contributed by atoms with Crippen molar-refractivity contribution in [2.45, 2.75) is 57.4 Å². The standard InChI is InChI=1S/C13H26N2/c1-11-3-2-7-13(14,9-11)10-15-8-6-12-4-5-12/h11-12,15H,2-10,14H2,1H3. The van der Waals surface area contributed by atoms with Crippen molar-refractivity contribution < 1.29 is 0 Å². The van der Waals surface area contributed by atoms with Crippen molar-refractivity contribution in [3.8, 4) is 0 Å². The zero-order valence-electron chi connectivity index (χ0n) is 10.1. The van der Waals surface area contributed by atoms with Crippen molar-refractivity contribution >= 4 is 0 Å². The molecule has 0 saturated heterocycles. The highest BCUT2D eigenvalue weighted by Crippen LogP contribution is 2.32. The first-order valence-corrected chi connectivity index (χ1v) is 6.68. The Bertz CT molecular complexity index is 201. The van der Waals surface area contributed by atoms with E-state index in [1.54, 1.807) is 0 Å². The Morgan fingerprint density at radius 3 is 2.80 bits per heavy atom. The van der Waals surface area contributed by atoms with Gasteiger partial charge < -0.3 is 11.1 Å². The highest BCUT2D eigenvalue weighted by molar-refractivity contribution is 4.91. The second kappa shape index (κ2) is 4.84. The van der Waals surface area contributed by atoms with Crippen LogP contribution in [0.5, 0.6) is 0 Å². The van der Waals surface area contributed by atoms with E-state index in [9.17, 15) is 0 Å². The van der Waals surface area contributed by atoms with Crippen molar-refractivity contribution in [1.29, 1.82) is 0 Å². The third-order valence-corrected chi connectivity index (χ3v) is 4.03. The molecule has 2 saturated carbocycles. The summed E-state index contributed by atoms with van der Waals surface area (Å²) < 4.78 is 0. The Labute approximate surface area is 94.0 Å². The lowest BCUT2D eigenvalue weighted by atomic mass is 9.77. The van der Waals surface area contributed by atoms with Crippen LogP contribution in [-0.2, 0) is 0 Å². The van der Waals surface area contributed by atoms with Crippen LogP contribution in [0.25, 0.3) is 0 Å². The molecule has 3 N–H and O–H groups in total. The molecule has 88 valence electrons. The van der Waals surface area contributed by atoms with E-state index < -0.39 is 0 Å². The molecule has 2 heteroatoms. The predicted octanol–water partition coefficient (Wildman–Crippen LogP) is 2.28. The maximum atomic E-state index is 6.42. The van der Waals surface area contributed by atoms with E-state index in [1.807, 2.05) is 0 Å². The first-order valence-electron chi connectivity index (χ1n) is 6.68. The van der Waals surface area contributed by atoms with E-state index in [0.717, 1.165) is 18.4 Å². The molecule has 2 aliphatic rings. The molecule has 15 heavy (non-hydrogen) atoms. The fourth-order valence-electron chi connectivity index (χ4n) is 2.91. The first-order chi connectivity index (χ1) is 7.18. The van der Waals surface area contributed by atoms with Gasteiger partial charge in [-0.15, -0.1) is 0 Å². The van der Waals surface area contributed by atoms with Gasteiger partial charge in [-0.3, -0.25) is 0 Å². The third kappa shape index (κ3) is 3.76. The van der Waals surface area contributed by atoms with Gasteiger partial charge in [0, 0.05) is 12.1 Å². The lowest BCUT2D eigenvalue weighted by Crippen LogP contribution is -2.51. The highest BCUT2D eigenvalue weighted by atomic mass is 14.9. The van der Waals surface area contributed by atoms with Crippen molar-refractivity contribution in [3.05, 3.63) is 0 Å². The molecule has 0 heterocycles. The van der Waals surface area contributed by atoms with Crippen molar-refractivity contribution in [2.24, 2.45) is 17.6 Å². The van der Waals surface area contributed by atoms with Crippen LogP contribution >= 0.6 is 0 Å². The highest BCUT2D eigenvalue weighted by Gasteiger charge is 2.30. The van der Waals surface area contributed by atoms with Gasteiger partial charge >= 0.3 is 0 Å². The second-order valence-corrected chi connectivity index (χ2v) is 5.97. The molecule has 2 atom stereocenters. The number of nitrogens with one attached hydrogen (secondary N) is 1. The maximum Gasteiger partial charge on any atom is 0.0283 e. The Hall–Kier alpha value is -0.0800. The van der Waals surface area contributed by atoms with Gasteiger partial charge in [-0.05, 0) is 37.6 Å². The fourth-order valence-corrected chi connectivity index (χ4v) is 2.91. The van der Waals surface area contributed by atoms with Crippen LogP contribution in [0.15, 0.2) is 0 Å². The maximum absolute atomic E-state index is 6.42. The lowest BCUT2D eigenvalue weighted by Gasteiger charge is -2.37. The molecule has 0 spiro atoms. The molecule has 2 aliphatic carbocycles. The molecular weight excluding hydrogens is 184 g/mol. The summed E-state index contributed by atoms with van der Waals surface area (Å²) in [7, 11) is 0. The number of hydrogen-bond donors (Lipinski definition) is 2. The minimum absolute atomic E-state index is 0.0984. The van der Waals surface area contributed by atoms with Crippen LogP contribution < -0.4 is 11.1 Å². The van der Waals surface area contributed by atoms with Gasteiger partial charge in [-0.25, -0.2) is 0 Å². The van der Waals surface area contributed by atoms with Crippen molar-refractivity contribution in [1.82, 2.24) is 5.32 Å². The zero-order chi connectivity index (χ0) is 10.7. The minimum atomic E-state index is 0.0984. The summed E-state index contributed by atoms with van der Waals surface area (Å²) >= 11 is 0. The summed E-state index contributed by atoms with van der Waals surface area (Å²) in [5.74, 6) is 1.87. The van der Waals surface area contributed by atoms with E-state index in [4.69, 9.17) is 5.73 Å². The molecule has 2 unspecified atom stereocenters. The number of hydrogen-bond acceptors (Lipinski definition) is 2. The predicted molar refractivity (Wildman–Crippen MR) is 64.8 cm³/mol. The van der Waals surface area contributed by atoms with Gasteiger partial charge in [-0.2, -0.15) is 0 Å². The summed E-state index contributed by atoms with van der Waals surface area (Å²) in [5.41, 5.74) is 6.52. The van der Waals surface area contributed by atoms with Gasteiger partial charge in [0.15, 0.2) is 0 Å². The largest absolute Gasteiger partial charge is 0.324 e. The SMILES string of the molecule is CC1CCCC(N)(CNCCC2CC2)C1. The first kappa shape index (κ1) is 11.4. The number of nitrogens with two attached hydrogens (primary N) is 1. The van der Waals surface area contributed by atoms with Crippen LogP contribution in [0, 0.1) is 11.8 Å². The summed E-state index contributed by atoms with van der Waals surface area (Å²) in [4.78, 5) is 0. The van der Waals surface area contributed by atoms with Crippen LogP contribution in [-0.4, -0.2) is 18.6 Å². The van der Waals surface area contributed by atoms with Crippen LogP contribution in [0.2, 0.25) is 0 Å². The Morgan fingerprint density at radius 2 is 2.13 bits per heavy atom. The van der Waals surface area contributed by atoms with E-state index in [2.05, 4.69) is 12.2 Å². The van der Waals surface area contributed by atoms with Gasteiger partial charge in [-0.1, -0.05) is 32.6 Å². The Morgan fingerprint density at radius 1 is 1.33 bits per heavy atom. The van der Waals surface area contributed by atoms with Gasteiger partial charge in [0.25, 0.3) is 0 Å². The topological polar surface area (TPSA) is 38.0 Å². The second-order valence-electron chi connectivity index (χ2n) is 5.97. The van der Waals surface area contributed by atoms with Crippen LogP contribution in [0.3, 0.4) is 0 Å². The molecule has 0 aromatic carbocycles. The smallest absolute Gasteiger partial charge is 0.0283 e. The average Bonchev–Trinajstić information content (AvgIpc) is 2.96. The average molecular weight is 210 g/mol. The van der Waals surface area contributed by atoms with E-state index in [-0.39, 0.29) is 5.54 Å². The third-order valence-electron chi connectivity index (χ3n) is 4.03. The fraction of sp³-hybridized carbons (Fsp3) is 1.00. The zero-order valence-corrected chi connectivity index (χ0v) is 10.1. The molecular formula is C13H26N2. The van der Waals surface area contributed by atoms with Gasteiger partial charge in [0.1, 0.15) is 0 Å². The summed E-state index contributed by atoms with van der Waals surface area (Å²) in [6, 6.07) is 0. The molecule has 2 fully saturated rings. The molecule has 0 aliphatic heterocycles. The van der Waals surface area contributed by atoms with Gasteiger partial charge in [0.05, 0.1) is 0 Å². The Balaban J connectivity index is 1.62. The van der Waals surface area contributed by atoms with E-state index in [1.165, 1.54) is 51.5 Å². The molecule has 0 bridgehead atoms. The molecule has 2 rings (SSSR count). The van der Waals surface area contributed by atoms with Crippen molar-refractivity contribution in [3.63, 3.8) is 0 Å². The molecule has 2 nitrogen and oxygen atoms in total. The Kier molecular flexibility index (Phi) is 3.68. The quantitative estimate of drug-likeness (QED) is 0.683. The van der Waals surface area contributed by atoms with Gasteiger partial charge in [0.2, 0.25) is 0 Å². The molecule has 0 aromatic heterocycles. The monoisotopic (exact) mass is 210 g/mol. The molecule has 0 aromatic rings. The normalized spacial score (nSPS) is 36.8. The minimum Gasteiger partial charge on any atom is -0.324 e. The van der Waals surface area contributed by atoms with Crippen LogP contribution in [0.1, 0.15) is 51.9 Å². The van der Waals surface area contributed by atoms with E-state index >= 15 is 0 Å². The summed E-state index contributed by atoms with van der Waals surface area (Å²) in [6.07, 6.45) is 9.42. The number of rotatable bonds is 5. The lowest BCUT2D eigenvalue weighted by molar-refractivity contribution is 0.229. The van der Waals surface area contributed by atoms with Crippen molar-refractivity contribution in [2.75, 3.05) is 13.1 Å². The van der Waals surface area contributed by atoms with E-state index in [0.29, 0.717) is 0 Å². The van der Waals surface area contributed by atoms with Crippen LogP contribution in [0.4, 0.5) is 0 Å².